The fraction of sp³-hybridized carbons (Fsp3) is 0.463. The van der Waals surface area contributed by atoms with Gasteiger partial charge in [-0.05, 0) is 123 Å². The number of nitrogens with zero attached hydrogens (tertiary/aromatic N) is 2. The monoisotopic (exact) mass is 1720 g/mol. The maximum absolute atomic E-state index is 14.9. The highest BCUT2D eigenvalue weighted by atomic mass is 32.1. The normalized spacial score (nSPS) is 16.4. The van der Waals surface area contributed by atoms with Crippen molar-refractivity contribution in [3.8, 4) is 11.5 Å². The van der Waals surface area contributed by atoms with E-state index in [-0.39, 0.29) is 108 Å². The van der Waals surface area contributed by atoms with Crippen molar-refractivity contribution in [1.29, 1.82) is 5.41 Å². The number of likely N-dealkylation sites (tertiary alicyclic amines) is 2. The van der Waals surface area contributed by atoms with Crippen molar-refractivity contribution < 1.29 is 107 Å². The minimum absolute atomic E-state index is 0.00989. The summed E-state index contributed by atoms with van der Waals surface area (Å²) in [6.45, 7) is 3.33. The standard InChI is InChI=1S/C80H105N17O22S2/c1-42(2)33-55(70(109)88-54(27-29-65(102)103)77(116)96-31-9-16-62(96)75(114)92-58(37-46-39-85-51-14-7-6-13-49(46)51)78(117)97-32-10-17-63(97)76(115)93-59(79(118)119)38-66(104)105)89-73(112)60(40-120)95-74(113)61(41-121)94-69(108)53(26-28-64(100)101)87-71(110)56(35-44-18-22-47(98)23-19-44)91-72(111)57(36-45-20-24-48(99)25-21-45)90-68(107)52(15-8-30-84-80(82)83)86-67(106)50(81)34-43-11-4-3-5-12-43/h3-7,11-14,18-25,39,42,50,52-63,85,98-99,120-121H,8-10,15-17,26-38,40-41,81H2,1-2H3,(H,86,106)(H,87,110)(H,88,109)(H,89,112)(H,90,107)(H,91,111)(H,92,114)(H,93,115)(H,94,108)(H,95,113)(H,100,101)(H,102,103)(H,104,105)(H,118,119)(H4,82,83,84)/t50-,52-,53-,54-,55-,56-,57-,58-,59-,60-,61-,62-,63-/m0/s1. The first kappa shape index (κ1) is 95.6. The number of aromatic amines is 1. The van der Waals surface area contributed by atoms with Gasteiger partial charge in [-0.25, -0.2) is 4.79 Å². The summed E-state index contributed by atoms with van der Waals surface area (Å²) < 4.78 is 0. The zero-order chi connectivity index (χ0) is 88.7. The van der Waals surface area contributed by atoms with Crippen LogP contribution in [0.15, 0.2) is 109 Å². The van der Waals surface area contributed by atoms with E-state index < -0.39 is 223 Å². The van der Waals surface area contributed by atoms with Gasteiger partial charge in [-0.1, -0.05) is 86.6 Å². The van der Waals surface area contributed by atoms with Gasteiger partial charge in [0.1, 0.15) is 84.0 Å². The Balaban J connectivity index is 1.06. The van der Waals surface area contributed by atoms with E-state index in [4.69, 9.17) is 16.9 Å². The molecule has 0 aliphatic carbocycles. The number of aliphatic carboxylic acids is 4. The number of rotatable bonds is 47. The summed E-state index contributed by atoms with van der Waals surface area (Å²) in [6, 6.07) is 6.71. The number of nitrogens with two attached hydrogens (primary N) is 2. The van der Waals surface area contributed by atoms with Crippen molar-refractivity contribution in [2.45, 2.75) is 195 Å². The molecule has 121 heavy (non-hydrogen) atoms. The van der Waals surface area contributed by atoms with Crippen molar-refractivity contribution in [3.05, 3.63) is 132 Å². The maximum Gasteiger partial charge on any atom is 0.326 e. The van der Waals surface area contributed by atoms with Crippen LogP contribution < -0.4 is 70.0 Å². The summed E-state index contributed by atoms with van der Waals surface area (Å²) in [6.07, 6.45) is -2.33. The second kappa shape index (κ2) is 46.7. The average Bonchev–Trinajstić information content (AvgIpc) is 1.67. The van der Waals surface area contributed by atoms with E-state index in [1.54, 1.807) is 74.6 Å². The van der Waals surface area contributed by atoms with E-state index in [9.17, 15) is 107 Å². The van der Waals surface area contributed by atoms with Crippen LogP contribution in [-0.4, -0.2) is 256 Å². The number of carboxylic acids is 4. The van der Waals surface area contributed by atoms with Crippen molar-refractivity contribution in [1.82, 2.24) is 73.3 Å². The molecule has 0 spiro atoms. The Hall–Kier alpha value is -12.5. The van der Waals surface area contributed by atoms with Gasteiger partial charge >= 0.3 is 23.9 Å². The second-order valence-corrected chi connectivity index (χ2v) is 30.6. The van der Waals surface area contributed by atoms with E-state index in [0.717, 1.165) is 15.4 Å². The van der Waals surface area contributed by atoms with E-state index in [1.165, 1.54) is 48.5 Å². The van der Waals surface area contributed by atoms with Gasteiger partial charge in [0.15, 0.2) is 5.96 Å². The maximum atomic E-state index is 14.9. The molecule has 7 rings (SSSR count). The molecular formula is C80H105N17O22S2. The van der Waals surface area contributed by atoms with Crippen LogP contribution in [0.2, 0.25) is 0 Å². The van der Waals surface area contributed by atoms with Gasteiger partial charge < -0.3 is 115 Å². The van der Waals surface area contributed by atoms with Gasteiger partial charge in [-0.2, -0.15) is 25.3 Å². The first-order chi connectivity index (χ1) is 57.5. The van der Waals surface area contributed by atoms with Gasteiger partial charge in [-0.3, -0.25) is 77.3 Å². The Kier molecular flexibility index (Phi) is 36.9. The summed E-state index contributed by atoms with van der Waals surface area (Å²) in [5, 5.41) is 95.4. The fourth-order valence-electron chi connectivity index (χ4n) is 13.9. The smallest absolute Gasteiger partial charge is 0.326 e. The largest absolute Gasteiger partial charge is 0.508 e. The fourth-order valence-corrected chi connectivity index (χ4v) is 14.4. The Morgan fingerprint density at radius 3 is 1.37 bits per heavy atom. The Morgan fingerprint density at radius 1 is 0.471 bits per heavy atom. The molecule has 39 nitrogen and oxygen atoms in total. The molecule has 654 valence electrons. The molecule has 2 aliphatic heterocycles. The number of para-hydroxylation sites is 1. The SMILES string of the molecule is CC(C)C[C@H](NC(=O)[C@H](CS)NC(=O)[C@H](CS)NC(=O)[C@H](CCC(=O)O)NC(=O)[C@H](Cc1ccc(O)cc1)NC(=O)[C@H](Cc1ccc(O)cc1)NC(=O)[C@H](CCCNC(=N)N)NC(=O)[C@@H](N)Cc1ccccc1)C(=O)N[C@@H](CCC(=O)O)C(=O)N1CCC[C@H]1C(=O)N[C@@H](Cc1c[nH]c2ccccc12)C(=O)N1CCC[C@H]1C(=O)N[C@@H](CC(=O)O)C(=O)O. The van der Waals surface area contributed by atoms with Crippen molar-refractivity contribution in [2.24, 2.45) is 17.4 Å². The quantitative estimate of drug-likeness (QED) is 0.00909. The number of fused-ring (bicyclic) bond motifs is 1. The molecule has 3 heterocycles. The van der Waals surface area contributed by atoms with Gasteiger partial charge in [0, 0.05) is 80.3 Å². The molecule has 23 N–H and O–H groups in total. The van der Waals surface area contributed by atoms with Crippen LogP contribution >= 0.6 is 25.3 Å². The number of nitrogens with one attached hydrogen (secondary N) is 13. The third-order valence-electron chi connectivity index (χ3n) is 20.2. The number of hydrogen-bond donors (Lipinski definition) is 23. The molecule has 5 aromatic rings. The lowest BCUT2D eigenvalue weighted by Crippen LogP contribution is -2.61. The number of carboxylic acid groups (broad SMARTS) is 4. The summed E-state index contributed by atoms with van der Waals surface area (Å²) in [5.41, 5.74) is 14.4. The van der Waals surface area contributed by atoms with Crippen molar-refractivity contribution in [2.75, 3.05) is 31.1 Å². The zero-order valence-electron chi connectivity index (χ0n) is 66.5. The number of phenols is 2. The van der Waals surface area contributed by atoms with Crippen molar-refractivity contribution >= 4 is 137 Å². The van der Waals surface area contributed by atoms with Gasteiger partial charge in [0.25, 0.3) is 0 Å². The number of H-pyrrole nitrogens is 1. The summed E-state index contributed by atoms with van der Waals surface area (Å²) in [5.74, 6) is -19.6. The number of aromatic hydroxyl groups is 2. The molecule has 2 aliphatic rings. The zero-order valence-corrected chi connectivity index (χ0v) is 68.3. The van der Waals surface area contributed by atoms with Crippen LogP contribution in [0.3, 0.4) is 0 Å². The molecule has 13 atom stereocenters. The van der Waals surface area contributed by atoms with Gasteiger partial charge in [-0.15, -0.1) is 0 Å². The highest BCUT2D eigenvalue weighted by Crippen LogP contribution is 2.27. The molecule has 0 unspecified atom stereocenters. The summed E-state index contributed by atoms with van der Waals surface area (Å²) in [7, 11) is 0. The van der Waals surface area contributed by atoms with Crippen LogP contribution in [-0.2, 0) is 102 Å². The van der Waals surface area contributed by atoms with Gasteiger partial charge in [0.05, 0.1) is 12.5 Å². The molecule has 0 bridgehead atoms. The number of thiol groups is 2. The molecule has 2 fully saturated rings. The van der Waals surface area contributed by atoms with E-state index >= 15 is 0 Å². The highest BCUT2D eigenvalue weighted by Gasteiger charge is 2.44. The van der Waals surface area contributed by atoms with E-state index in [2.05, 4.69) is 88.7 Å². The Morgan fingerprint density at radius 2 is 0.884 bits per heavy atom. The summed E-state index contributed by atoms with van der Waals surface area (Å²) in [4.78, 5) is 227. The summed E-state index contributed by atoms with van der Waals surface area (Å²) >= 11 is 8.57. The first-order valence-electron chi connectivity index (χ1n) is 39.3. The third-order valence-corrected chi connectivity index (χ3v) is 20.9. The van der Waals surface area contributed by atoms with Crippen LogP contribution in [0.1, 0.15) is 113 Å². The first-order valence-corrected chi connectivity index (χ1v) is 40.5. The number of carbonyl (C=O) groups is 16. The number of aromatic nitrogens is 1. The molecule has 0 radical (unpaired) electrons. The lowest BCUT2D eigenvalue weighted by atomic mass is 10.0. The second-order valence-electron chi connectivity index (χ2n) is 29.9. The number of hydrogen-bond acceptors (Lipinski definition) is 22. The topological polar surface area (TPSA) is 625 Å². The number of carbonyl (C=O) groups excluding carboxylic acids is 12. The predicted molar refractivity (Wildman–Crippen MR) is 442 cm³/mol. The van der Waals surface area contributed by atoms with E-state index in [0.29, 0.717) is 27.6 Å². The lowest BCUT2D eigenvalue weighted by Gasteiger charge is -2.32. The van der Waals surface area contributed by atoms with Crippen LogP contribution in [0.5, 0.6) is 11.5 Å². The number of amides is 12. The molecule has 1 aromatic heterocycles. The molecular weight excluding hydrogens is 1620 g/mol. The average molecular weight is 1720 g/mol. The highest BCUT2D eigenvalue weighted by molar-refractivity contribution is 7.80. The minimum atomic E-state index is -1.84. The minimum Gasteiger partial charge on any atom is -0.508 e. The molecule has 2 saturated heterocycles. The van der Waals surface area contributed by atoms with Gasteiger partial charge in [0.2, 0.25) is 70.9 Å². The molecule has 0 saturated carbocycles. The number of guanidine groups is 1. The van der Waals surface area contributed by atoms with E-state index in [1.807, 2.05) is 0 Å². The number of phenolic OH excluding ortho intramolecular Hbond substituents is 2. The lowest BCUT2D eigenvalue weighted by molar-refractivity contribution is -0.148. The Bertz CT molecular complexity index is 4520. The van der Waals surface area contributed by atoms with Crippen LogP contribution in [0.4, 0.5) is 0 Å². The molecule has 12 amide bonds. The third kappa shape index (κ3) is 29.7. The van der Waals surface area contributed by atoms with Crippen LogP contribution in [0, 0.1) is 11.3 Å². The predicted octanol–water partition coefficient (Wildman–Crippen LogP) is -1.54. The van der Waals surface area contributed by atoms with Crippen LogP contribution in [0.25, 0.3) is 10.9 Å². The van der Waals surface area contributed by atoms with Crippen molar-refractivity contribution in [3.63, 3.8) is 0 Å². The number of benzene rings is 4. The Labute approximate surface area is 706 Å². The molecule has 41 heteroatoms. The molecule has 4 aromatic carbocycles.